The molecule has 4 heteroatoms. The number of anilines is 3. The van der Waals surface area contributed by atoms with Crippen LogP contribution in [0.25, 0.3) is 82.1 Å². The molecular formula is C63H38N2OS. The van der Waals surface area contributed by atoms with Gasteiger partial charge in [-0.3, -0.25) is 0 Å². The molecule has 0 amide bonds. The predicted molar refractivity (Wildman–Crippen MR) is 279 cm³/mol. The maximum atomic E-state index is 6.49. The Hall–Kier alpha value is -8.31. The summed E-state index contributed by atoms with van der Waals surface area (Å²) < 4.78 is 8.90. The van der Waals surface area contributed by atoms with Gasteiger partial charge < -0.3 is 13.9 Å². The summed E-state index contributed by atoms with van der Waals surface area (Å²) in [5.41, 5.74) is 15.7. The third-order valence-corrected chi connectivity index (χ3v) is 15.8. The van der Waals surface area contributed by atoms with E-state index in [1.807, 2.05) is 17.8 Å². The van der Waals surface area contributed by atoms with E-state index >= 15 is 0 Å². The summed E-state index contributed by atoms with van der Waals surface area (Å²) >= 11 is 1.89. The van der Waals surface area contributed by atoms with Crippen LogP contribution in [0.2, 0.25) is 0 Å². The van der Waals surface area contributed by atoms with E-state index in [-0.39, 0.29) is 0 Å². The molecule has 0 radical (unpaired) electrons. The largest absolute Gasteiger partial charge is 0.456 e. The first-order valence-corrected chi connectivity index (χ1v) is 23.8. The molecule has 1 atom stereocenters. The first-order valence-electron chi connectivity index (χ1n) is 23.0. The van der Waals surface area contributed by atoms with Crippen molar-refractivity contribution in [1.29, 1.82) is 0 Å². The number of nitrogens with zero attached hydrogens (tertiary/aromatic N) is 2. The summed E-state index contributed by atoms with van der Waals surface area (Å²) in [6.45, 7) is 0. The van der Waals surface area contributed by atoms with Crippen LogP contribution >= 0.6 is 11.8 Å². The molecule has 11 aromatic carbocycles. The first kappa shape index (κ1) is 37.0. The molecule has 1 aliphatic carbocycles. The van der Waals surface area contributed by atoms with Gasteiger partial charge in [0.25, 0.3) is 0 Å². The van der Waals surface area contributed by atoms with Crippen LogP contribution in [0.1, 0.15) is 22.3 Å². The van der Waals surface area contributed by atoms with Gasteiger partial charge in [-0.05, 0) is 116 Å². The highest BCUT2D eigenvalue weighted by atomic mass is 32.2. The van der Waals surface area contributed by atoms with E-state index in [1.54, 1.807) is 0 Å². The van der Waals surface area contributed by atoms with Gasteiger partial charge in [-0.25, -0.2) is 0 Å². The van der Waals surface area contributed by atoms with Gasteiger partial charge >= 0.3 is 0 Å². The maximum absolute atomic E-state index is 6.49. The molecule has 3 heterocycles. The molecule has 0 N–H and O–H groups in total. The Morgan fingerprint density at radius 2 is 1.01 bits per heavy atom. The molecule has 0 fully saturated rings. The summed E-state index contributed by atoms with van der Waals surface area (Å²) in [6.07, 6.45) is 0. The van der Waals surface area contributed by atoms with Crippen molar-refractivity contribution in [3.63, 3.8) is 0 Å². The van der Waals surface area contributed by atoms with Crippen molar-refractivity contribution in [1.82, 2.24) is 4.57 Å². The average molecular weight is 871 g/mol. The van der Waals surface area contributed by atoms with Crippen LogP contribution in [-0.2, 0) is 5.41 Å². The lowest BCUT2D eigenvalue weighted by Gasteiger charge is -2.46. The molecule has 1 aliphatic heterocycles. The van der Waals surface area contributed by atoms with E-state index in [0.717, 1.165) is 55.7 Å². The fraction of sp³-hybridized carbons (Fsp3) is 0.0159. The molecule has 2 aromatic heterocycles. The van der Waals surface area contributed by atoms with E-state index in [2.05, 4.69) is 234 Å². The second-order valence-electron chi connectivity index (χ2n) is 17.9. The second kappa shape index (κ2) is 13.9. The second-order valence-corrected chi connectivity index (χ2v) is 19.0. The third-order valence-electron chi connectivity index (χ3n) is 14.6. The molecule has 1 spiro atoms. The summed E-state index contributed by atoms with van der Waals surface area (Å²) in [5.74, 6) is 0. The third kappa shape index (κ3) is 5.08. The molecule has 312 valence electrons. The number of aromatic nitrogens is 1. The molecule has 3 nitrogen and oxygen atoms in total. The van der Waals surface area contributed by atoms with Crippen molar-refractivity contribution >= 4 is 94.1 Å². The molecule has 0 saturated carbocycles. The van der Waals surface area contributed by atoms with E-state index < -0.39 is 5.41 Å². The highest BCUT2D eigenvalue weighted by molar-refractivity contribution is 7.99. The molecule has 13 aromatic rings. The quantitative estimate of drug-likeness (QED) is 0.176. The van der Waals surface area contributed by atoms with Gasteiger partial charge in [-0.1, -0.05) is 169 Å². The molecule has 0 saturated heterocycles. The van der Waals surface area contributed by atoms with Crippen LogP contribution < -0.4 is 4.90 Å². The van der Waals surface area contributed by atoms with Crippen molar-refractivity contribution in [3.8, 4) is 16.8 Å². The van der Waals surface area contributed by atoms with Gasteiger partial charge in [-0.2, -0.15) is 0 Å². The number of hydrogen-bond acceptors (Lipinski definition) is 3. The number of benzene rings is 11. The van der Waals surface area contributed by atoms with Crippen LogP contribution in [0, 0.1) is 0 Å². The summed E-state index contributed by atoms with van der Waals surface area (Å²) in [4.78, 5) is 5.05. The SMILES string of the molecule is c1ccc2c(c1)Sc1ccc(N(c3ccc4c5ccccc5n(-c5ccc6c(c5)oc5ccccc56)c4c3)c3cccc4ccccc34)cc1C21c2ccccc2-c2cccc3cccc1c23. The molecular weight excluding hydrogens is 833 g/mol. The number of rotatable bonds is 4. The van der Waals surface area contributed by atoms with Crippen LogP contribution in [0.3, 0.4) is 0 Å². The minimum Gasteiger partial charge on any atom is -0.456 e. The van der Waals surface area contributed by atoms with E-state index in [4.69, 9.17) is 4.42 Å². The van der Waals surface area contributed by atoms with E-state index in [1.165, 1.54) is 75.5 Å². The smallest absolute Gasteiger partial charge is 0.137 e. The van der Waals surface area contributed by atoms with Crippen molar-refractivity contribution in [3.05, 3.63) is 253 Å². The van der Waals surface area contributed by atoms with Crippen molar-refractivity contribution < 1.29 is 4.42 Å². The molecule has 67 heavy (non-hydrogen) atoms. The standard InChI is InChI=1S/C63H38N2OS/c1-2-18-44-39(14-1)15-13-27-55(44)64(42-30-33-47-46-20-4-8-26-56(46)65(57(47)37-42)43-31-34-49-48-21-5-9-28-58(48)66-59(49)38-43)41-32-35-61-54(36-41)63(52-24-7-10-29-60(52)67-61)51-23-6-3-19-45(51)50-22-11-16-40-17-12-25-53(63)62(40)50/h1-38H. The minimum atomic E-state index is -0.576. The van der Waals surface area contributed by atoms with Gasteiger partial charge in [-0.15, -0.1) is 0 Å². The summed E-state index contributed by atoms with van der Waals surface area (Å²) in [7, 11) is 0. The zero-order chi connectivity index (χ0) is 43.8. The highest BCUT2D eigenvalue weighted by Crippen LogP contribution is 2.62. The van der Waals surface area contributed by atoms with E-state index in [9.17, 15) is 0 Å². The number of hydrogen-bond donors (Lipinski definition) is 0. The first-order chi connectivity index (χ1) is 33.2. The number of para-hydroxylation sites is 2. The zero-order valence-electron chi connectivity index (χ0n) is 36.2. The molecule has 0 bridgehead atoms. The Balaban J connectivity index is 1.02. The zero-order valence-corrected chi connectivity index (χ0v) is 37.0. The van der Waals surface area contributed by atoms with E-state index in [0.29, 0.717) is 0 Å². The molecule has 1 unspecified atom stereocenters. The lowest BCUT2D eigenvalue weighted by Crippen LogP contribution is -2.36. The Bertz CT molecular complexity index is 4220. The summed E-state index contributed by atoms with van der Waals surface area (Å²) in [5, 5.41) is 9.63. The van der Waals surface area contributed by atoms with Crippen LogP contribution in [0.4, 0.5) is 17.1 Å². The Morgan fingerprint density at radius 1 is 0.388 bits per heavy atom. The topological polar surface area (TPSA) is 21.3 Å². The molecule has 15 rings (SSSR count). The number of fused-ring (bicyclic) bond motifs is 15. The summed E-state index contributed by atoms with van der Waals surface area (Å²) in [6, 6.07) is 85.4. The van der Waals surface area contributed by atoms with Crippen LogP contribution in [-0.4, -0.2) is 4.57 Å². The number of furan rings is 1. The van der Waals surface area contributed by atoms with Gasteiger partial charge in [0, 0.05) is 59.9 Å². The van der Waals surface area contributed by atoms with Crippen molar-refractivity contribution in [2.24, 2.45) is 0 Å². The van der Waals surface area contributed by atoms with Crippen molar-refractivity contribution in [2.75, 3.05) is 4.90 Å². The molecule has 2 aliphatic rings. The fourth-order valence-corrected chi connectivity index (χ4v) is 13.0. The Kier molecular flexibility index (Phi) is 7.64. The van der Waals surface area contributed by atoms with Gasteiger partial charge in [0.05, 0.1) is 22.1 Å². The lowest BCUT2D eigenvalue weighted by molar-refractivity contribution is 0.668. The van der Waals surface area contributed by atoms with Gasteiger partial charge in [0.1, 0.15) is 11.2 Å². The lowest BCUT2D eigenvalue weighted by atomic mass is 9.59. The Morgan fingerprint density at radius 3 is 1.96 bits per heavy atom. The van der Waals surface area contributed by atoms with Gasteiger partial charge in [0.2, 0.25) is 0 Å². The maximum Gasteiger partial charge on any atom is 0.137 e. The normalized spacial score (nSPS) is 14.9. The highest BCUT2D eigenvalue weighted by Gasteiger charge is 2.48. The Labute approximate surface area is 390 Å². The minimum absolute atomic E-state index is 0.576. The van der Waals surface area contributed by atoms with Gasteiger partial charge in [0.15, 0.2) is 0 Å². The van der Waals surface area contributed by atoms with Crippen molar-refractivity contribution in [2.45, 2.75) is 15.2 Å². The predicted octanol–water partition coefficient (Wildman–Crippen LogP) is 17.3. The monoisotopic (exact) mass is 870 g/mol. The average Bonchev–Trinajstić information content (AvgIpc) is 3.93. The van der Waals surface area contributed by atoms with Crippen LogP contribution in [0.5, 0.6) is 0 Å². The fourth-order valence-electron chi connectivity index (χ4n) is 11.9. The van der Waals surface area contributed by atoms with Crippen LogP contribution in [0.15, 0.2) is 245 Å².